The Morgan fingerprint density at radius 2 is 2.07 bits per heavy atom. The molecule has 0 aliphatic rings. The number of hydrogen-bond donors (Lipinski definition) is 1. The van der Waals surface area contributed by atoms with Crippen molar-refractivity contribution in [3.8, 4) is 11.5 Å². The summed E-state index contributed by atoms with van der Waals surface area (Å²) < 4.78 is 10.1. The predicted octanol–water partition coefficient (Wildman–Crippen LogP) is 1.98. The van der Waals surface area contributed by atoms with E-state index in [1.165, 1.54) is 14.2 Å². The zero-order chi connectivity index (χ0) is 11.4. The molecular weight excluding hydrogens is 220 g/mol. The average Bonchev–Trinajstić information content (AvgIpc) is 2.15. The maximum absolute atomic E-state index is 10.6. The van der Waals surface area contributed by atoms with Crippen molar-refractivity contribution in [3.05, 3.63) is 22.7 Å². The summed E-state index contributed by atoms with van der Waals surface area (Å²) >= 11 is 5.81. The topological polar surface area (TPSA) is 55.8 Å². The third-order valence-corrected chi connectivity index (χ3v) is 2.08. The van der Waals surface area contributed by atoms with Crippen LogP contribution in [0.15, 0.2) is 12.1 Å². The molecule has 1 aromatic rings. The summed E-state index contributed by atoms with van der Waals surface area (Å²) in [7, 11) is 2.93. The standard InChI is InChI=1S/C10H11ClO4/c1-14-8-5-7(11)3-6(4-9(12)13)10(8)15-2/h3,5H,4H2,1-2H3,(H,12,13). The lowest BCUT2D eigenvalue weighted by Gasteiger charge is -2.11. The van der Waals surface area contributed by atoms with E-state index in [-0.39, 0.29) is 6.42 Å². The molecule has 0 saturated heterocycles. The summed E-state index contributed by atoms with van der Waals surface area (Å²) in [5.74, 6) is -0.108. The van der Waals surface area contributed by atoms with Gasteiger partial charge >= 0.3 is 5.97 Å². The molecule has 82 valence electrons. The van der Waals surface area contributed by atoms with Gasteiger partial charge < -0.3 is 14.6 Å². The molecule has 0 aliphatic heterocycles. The van der Waals surface area contributed by atoms with Gasteiger partial charge in [-0.15, -0.1) is 0 Å². The molecule has 4 nitrogen and oxygen atoms in total. The van der Waals surface area contributed by atoms with Gasteiger partial charge in [0.25, 0.3) is 0 Å². The van der Waals surface area contributed by atoms with E-state index in [9.17, 15) is 4.79 Å². The van der Waals surface area contributed by atoms with Crippen LogP contribution in [0.1, 0.15) is 5.56 Å². The van der Waals surface area contributed by atoms with E-state index >= 15 is 0 Å². The van der Waals surface area contributed by atoms with E-state index in [0.717, 1.165) is 0 Å². The summed E-state index contributed by atoms with van der Waals surface area (Å²) in [6, 6.07) is 3.13. The van der Waals surface area contributed by atoms with Crippen molar-refractivity contribution >= 4 is 17.6 Å². The monoisotopic (exact) mass is 230 g/mol. The molecule has 0 aromatic heterocycles. The number of carbonyl (C=O) groups is 1. The first kappa shape index (κ1) is 11.7. The minimum absolute atomic E-state index is 0.153. The number of carboxylic acid groups (broad SMARTS) is 1. The number of halogens is 1. The van der Waals surface area contributed by atoms with Crippen molar-refractivity contribution in [2.24, 2.45) is 0 Å². The minimum Gasteiger partial charge on any atom is -0.493 e. The fourth-order valence-electron chi connectivity index (χ4n) is 1.30. The van der Waals surface area contributed by atoms with Crippen LogP contribution in [-0.2, 0) is 11.2 Å². The second-order valence-corrected chi connectivity index (χ2v) is 3.31. The third kappa shape index (κ3) is 2.76. The van der Waals surface area contributed by atoms with E-state index < -0.39 is 5.97 Å². The van der Waals surface area contributed by atoms with Gasteiger partial charge in [0.1, 0.15) is 0 Å². The molecule has 0 aliphatic carbocycles. The van der Waals surface area contributed by atoms with Crippen LogP contribution in [0.2, 0.25) is 5.02 Å². The van der Waals surface area contributed by atoms with E-state index in [2.05, 4.69) is 0 Å². The SMILES string of the molecule is COc1cc(Cl)cc(CC(=O)O)c1OC. The van der Waals surface area contributed by atoms with Gasteiger partial charge in [-0.05, 0) is 6.07 Å². The molecule has 15 heavy (non-hydrogen) atoms. The fraction of sp³-hybridized carbons (Fsp3) is 0.300. The van der Waals surface area contributed by atoms with Crippen LogP contribution in [0.4, 0.5) is 0 Å². The second-order valence-electron chi connectivity index (χ2n) is 2.87. The van der Waals surface area contributed by atoms with Crippen LogP contribution in [0, 0.1) is 0 Å². The van der Waals surface area contributed by atoms with Crippen molar-refractivity contribution in [1.82, 2.24) is 0 Å². The van der Waals surface area contributed by atoms with Crippen LogP contribution in [0.5, 0.6) is 11.5 Å². The van der Waals surface area contributed by atoms with Crippen LogP contribution in [0.3, 0.4) is 0 Å². The van der Waals surface area contributed by atoms with Crippen molar-refractivity contribution in [2.75, 3.05) is 14.2 Å². The number of carboxylic acids is 1. The van der Waals surface area contributed by atoms with Gasteiger partial charge in [-0.25, -0.2) is 0 Å². The van der Waals surface area contributed by atoms with E-state index in [0.29, 0.717) is 22.1 Å². The van der Waals surface area contributed by atoms with Gasteiger partial charge in [0.05, 0.1) is 20.6 Å². The highest BCUT2D eigenvalue weighted by Gasteiger charge is 2.14. The van der Waals surface area contributed by atoms with Gasteiger partial charge in [0, 0.05) is 16.7 Å². The smallest absolute Gasteiger partial charge is 0.307 e. The molecule has 0 saturated carbocycles. The molecule has 1 rings (SSSR count). The Kier molecular flexibility index (Phi) is 3.80. The highest BCUT2D eigenvalue weighted by Crippen LogP contribution is 2.34. The minimum atomic E-state index is -0.947. The van der Waals surface area contributed by atoms with Crippen molar-refractivity contribution in [3.63, 3.8) is 0 Å². The Hall–Kier alpha value is -1.42. The van der Waals surface area contributed by atoms with Gasteiger partial charge in [-0.1, -0.05) is 11.6 Å². The molecule has 1 aromatic carbocycles. The first-order valence-corrected chi connectivity index (χ1v) is 4.58. The van der Waals surface area contributed by atoms with Crippen LogP contribution < -0.4 is 9.47 Å². The van der Waals surface area contributed by atoms with Crippen LogP contribution in [-0.4, -0.2) is 25.3 Å². The maximum atomic E-state index is 10.6. The summed E-state index contributed by atoms with van der Waals surface area (Å²) in [6.45, 7) is 0. The zero-order valence-corrected chi connectivity index (χ0v) is 9.17. The highest BCUT2D eigenvalue weighted by molar-refractivity contribution is 6.30. The predicted molar refractivity (Wildman–Crippen MR) is 55.9 cm³/mol. The summed E-state index contributed by atoms with van der Waals surface area (Å²) in [5.41, 5.74) is 0.495. The largest absolute Gasteiger partial charge is 0.493 e. The molecule has 0 amide bonds. The quantitative estimate of drug-likeness (QED) is 0.860. The molecule has 5 heteroatoms. The molecule has 0 radical (unpaired) electrons. The van der Waals surface area contributed by atoms with E-state index in [1.54, 1.807) is 12.1 Å². The lowest BCUT2D eigenvalue weighted by Crippen LogP contribution is -2.03. The van der Waals surface area contributed by atoms with Crippen LogP contribution >= 0.6 is 11.6 Å². The summed E-state index contributed by atoms with van der Waals surface area (Å²) in [5, 5.41) is 9.12. The number of benzene rings is 1. The first-order chi connectivity index (χ1) is 7.08. The van der Waals surface area contributed by atoms with E-state index in [1.807, 2.05) is 0 Å². The number of methoxy groups -OCH3 is 2. The Morgan fingerprint density at radius 1 is 1.40 bits per heavy atom. The Morgan fingerprint density at radius 3 is 2.53 bits per heavy atom. The van der Waals surface area contributed by atoms with Crippen LogP contribution in [0.25, 0.3) is 0 Å². The number of hydrogen-bond acceptors (Lipinski definition) is 3. The van der Waals surface area contributed by atoms with Gasteiger partial charge in [-0.3, -0.25) is 4.79 Å². The number of rotatable bonds is 4. The van der Waals surface area contributed by atoms with Crippen molar-refractivity contribution < 1.29 is 19.4 Å². The molecule has 0 fully saturated rings. The highest BCUT2D eigenvalue weighted by atomic mass is 35.5. The van der Waals surface area contributed by atoms with Crippen molar-refractivity contribution in [2.45, 2.75) is 6.42 Å². The number of aliphatic carboxylic acids is 1. The zero-order valence-electron chi connectivity index (χ0n) is 8.41. The fourth-order valence-corrected chi connectivity index (χ4v) is 1.53. The first-order valence-electron chi connectivity index (χ1n) is 4.20. The van der Waals surface area contributed by atoms with Gasteiger partial charge in [-0.2, -0.15) is 0 Å². The van der Waals surface area contributed by atoms with E-state index in [4.69, 9.17) is 26.2 Å². The number of ether oxygens (including phenoxy) is 2. The maximum Gasteiger partial charge on any atom is 0.307 e. The lowest BCUT2D eigenvalue weighted by atomic mass is 10.1. The summed E-state index contributed by atoms with van der Waals surface area (Å²) in [4.78, 5) is 10.6. The normalized spacial score (nSPS) is 9.80. The molecule has 1 N–H and O–H groups in total. The Labute approximate surface area is 92.4 Å². The molecule has 0 spiro atoms. The van der Waals surface area contributed by atoms with Gasteiger partial charge in [0.15, 0.2) is 11.5 Å². The summed E-state index contributed by atoms with van der Waals surface area (Å²) in [6.07, 6.45) is -0.153. The molecule has 0 heterocycles. The molecular formula is C10H11ClO4. The Bertz CT molecular complexity index is 376. The average molecular weight is 231 g/mol. The second kappa shape index (κ2) is 4.89. The van der Waals surface area contributed by atoms with Crippen molar-refractivity contribution in [1.29, 1.82) is 0 Å². The molecule has 0 atom stereocenters. The molecule has 0 bridgehead atoms. The third-order valence-electron chi connectivity index (χ3n) is 1.86. The molecule has 0 unspecified atom stereocenters. The lowest BCUT2D eigenvalue weighted by molar-refractivity contribution is -0.136. The Balaban J connectivity index is 3.22. The van der Waals surface area contributed by atoms with Gasteiger partial charge in [0.2, 0.25) is 0 Å².